The van der Waals surface area contributed by atoms with Crippen molar-refractivity contribution in [3.8, 4) is 0 Å². The summed E-state index contributed by atoms with van der Waals surface area (Å²) in [7, 11) is 0. The van der Waals surface area contributed by atoms with E-state index in [0.29, 0.717) is 12.6 Å². The largest absolute Gasteiger partial charge is 0.305 e. The Balaban J connectivity index is 1.61. The zero-order valence-electron chi connectivity index (χ0n) is 14.7. The van der Waals surface area contributed by atoms with Crippen molar-refractivity contribution < 1.29 is 0 Å². The molecule has 0 spiro atoms. The van der Waals surface area contributed by atoms with Crippen molar-refractivity contribution in [1.82, 2.24) is 25.1 Å². The number of rotatable bonds is 5. The number of nitrogens with zero attached hydrogens (tertiary/aromatic N) is 4. The van der Waals surface area contributed by atoms with Gasteiger partial charge in [0, 0.05) is 23.1 Å². The first-order valence-electron chi connectivity index (χ1n) is 8.62. The Morgan fingerprint density at radius 2 is 1.96 bits per heavy atom. The molecule has 2 aromatic rings. The third-order valence-corrected chi connectivity index (χ3v) is 4.60. The minimum atomic E-state index is 0.327. The van der Waals surface area contributed by atoms with Gasteiger partial charge < -0.3 is 5.32 Å². The maximum Gasteiger partial charge on any atom is 0.142 e. The van der Waals surface area contributed by atoms with Gasteiger partial charge in [0.1, 0.15) is 5.82 Å². The van der Waals surface area contributed by atoms with E-state index in [9.17, 15) is 0 Å². The van der Waals surface area contributed by atoms with Gasteiger partial charge in [-0.3, -0.25) is 4.68 Å². The number of fused-ring (bicyclic) bond motifs is 1. The van der Waals surface area contributed by atoms with Crippen molar-refractivity contribution in [3.05, 3.63) is 40.2 Å². The molecule has 0 saturated carbocycles. The van der Waals surface area contributed by atoms with Crippen LogP contribution in [0, 0.1) is 20.8 Å². The first-order valence-corrected chi connectivity index (χ1v) is 8.62. The number of hydrogen-bond acceptors (Lipinski definition) is 4. The van der Waals surface area contributed by atoms with Crippen LogP contribution in [0.1, 0.15) is 53.9 Å². The topological polar surface area (TPSA) is 55.6 Å². The predicted molar refractivity (Wildman–Crippen MR) is 91.4 cm³/mol. The highest BCUT2D eigenvalue weighted by Gasteiger charge is 2.15. The lowest BCUT2D eigenvalue weighted by atomic mass is 9.95. The van der Waals surface area contributed by atoms with Crippen LogP contribution in [0.25, 0.3) is 0 Å². The third-order valence-electron chi connectivity index (χ3n) is 4.60. The van der Waals surface area contributed by atoms with Crippen LogP contribution in [-0.2, 0) is 25.9 Å². The van der Waals surface area contributed by atoms with Crippen LogP contribution in [0.4, 0.5) is 0 Å². The molecule has 1 N–H and O–H groups in total. The summed E-state index contributed by atoms with van der Waals surface area (Å²) in [6.45, 7) is 10.0. The number of aromatic nitrogens is 4. The minimum absolute atomic E-state index is 0.327. The van der Waals surface area contributed by atoms with Gasteiger partial charge in [-0.15, -0.1) is 0 Å². The maximum absolute atomic E-state index is 4.78. The van der Waals surface area contributed by atoms with E-state index >= 15 is 0 Å². The highest BCUT2D eigenvalue weighted by Crippen LogP contribution is 2.21. The third kappa shape index (κ3) is 3.78. The molecule has 1 aliphatic rings. The van der Waals surface area contributed by atoms with Crippen molar-refractivity contribution in [2.75, 3.05) is 0 Å². The van der Waals surface area contributed by atoms with Crippen LogP contribution in [0.2, 0.25) is 0 Å². The summed E-state index contributed by atoms with van der Waals surface area (Å²) in [5.41, 5.74) is 6.10. The molecule has 0 amide bonds. The molecule has 1 atom stereocenters. The summed E-state index contributed by atoms with van der Waals surface area (Å²) in [5, 5.41) is 8.05. The van der Waals surface area contributed by atoms with Crippen molar-refractivity contribution in [2.24, 2.45) is 0 Å². The van der Waals surface area contributed by atoms with Crippen LogP contribution in [-0.4, -0.2) is 25.8 Å². The minimum Gasteiger partial charge on any atom is -0.305 e. The van der Waals surface area contributed by atoms with Crippen molar-refractivity contribution >= 4 is 0 Å². The second kappa shape index (κ2) is 6.79. The van der Waals surface area contributed by atoms with Crippen LogP contribution < -0.4 is 5.32 Å². The van der Waals surface area contributed by atoms with Crippen molar-refractivity contribution in [2.45, 2.75) is 72.5 Å². The van der Waals surface area contributed by atoms with Crippen molar-refractivity contribution in [3.63, 3.8) is 0 Å². The predicted octanol–water partition coefficient (Wildman–Crippen LogP) is 2.66. The molecule has 3 rings (SSSR count). The zero-order chi connectivity index (χ0) is 16.4. The number of hydrogen-bond donors (Lipinski definition) is 1. The fourth-order valence-corrected chi connectivity index (χ4v) is 3.37. The first kappa shape index (κ1) is 16.1. The van der Waals surface area contributed by atoms with E-state index in [2.05, 4.69) is 41.9 Å². The highest BCUT2D eigenvalue weighted by molar-refractivity contribution is 5.27. The Bertz CT molecular complexity index is 689. The Hall–Kier alpha value is -1.75. The van der Waals surface area contributed by atoms with E-state index in [1.165, 1.54) is 29.8 Å². The zero-order valence-corrected chi connectivity index (χ0v) is 14.7. The summed E-state index contributed by atoms with van der Waals surface area (Å²) in [6.07, 6.45) is 4.77. The quantitative estimate of drug-likeness (QED) is 0.922. The molecular formula is C18H27N5. The van der Waals surface area contributed by atoms with E-state index < -0.39 is 0 Å². The van der Waals surface area contributed by atoms with Gasteiger partial charge in [0.15, 0.2) is 0 Å². The normalized spacial score (nSPS) is 15.5. The molecule has 124 valence electrons. The molecule has 5 heteroatoms. The second-order valence-corrected chi connectivity index (χ2v) is 6.75. The average molecular weight is 313 g/mol. The van der Waals surface area contributed by atoms with Crippen LogP contribution in [0.3, 0.4) is 0 Å². The standard InChI is InChI=1S/C18H27N5/c1-12-9-14(3)23(22-12)11-13(2)19-10-18-20-15(4)16-7-5-6-8-17(16)21-18/h9,13,19H,5-8,10-11H2,1-4H3/t13-/m0/s1. The Kier molecular flexibility index (Phi) is 4.76. The molecule has 0 unspecified atom stereocenters. The molecule has 0 aliphatic heterocycles. The smallest absolute Gasteiger partial charge is 0.142 e. The molecule has 0 aromatic carbocycles. The van der Waals surface area contributed by atoms with Gasteiger partial charge in [-0.2, -0.15) is 5.10 Å². The average Bonchev–Trinajstić information content (AvgIpc) is 2.83. The van der Waals surface area contributed by atoms with E-state index in [0.717, 1.165) is 36.6 Å². The molecular weight excluding hydrogens is 286 g/mol. The number of nitrogens with one attached hydrogen (secondary N) is 1. The van der Waals surface area contributed by atoms with Crippen LogP contribution in [0.5, 0.6) is 0 Å². The number of aryl methyl sites for hydroxylation is 4. The molecule has 5 nitrogen and oxygen atoms in total. The summed E-state index contributed by atoms with van der Waals surface area (Å²) < 4.78 is 2.06. The molecule has 2 heterocycles. The summed E-state index contributed by atoms with van der Waals surface area (Å²) in [5.74, 6) is 0.920. The summed E-state index contributed by atoms with van der Waals surface area (Å²) in [6, 6.07) is 2.44. The van der Waals surface area contributed by atoms with Gasteiger partial charge in [-0.25, -0.2) is 9.97 Å². The SMILES string of the molecule is Cc1cc(C)n(C[C@H](C)NCc2nc(C)c3c(n2)CCCC3)n1. The van der Waals surface area contributed by atoms with E-state index in [-0.39, 0.29) is 0 Å². The van der Waals surface area contributed by atoms with Gasteiger partial charge in [0.25, 0.3) is 0 Å². The van der Waals surface area contributed by atoms with Gasteiger partial charge in [0.05, 0.1) is 18.8 Å². The van der Waals surface area contributed by atoms with Gasteiger partial charge in [0.2, 0.25) is 0 Å². The lowest BCUT2D eigenvalue weighted by Gasteiger charge is -2.19. The molecule has 1 aliphatic carbocycles. The molecule has 0 saturated heterocycles. The summed E-state index contributed by atoms with van der Waals surface area (Å²) >= 11 is 0. The summed E-state index contributed by atoms with van der Waals surface area (Å²) in [4.78, 5) is 9.47. The van der Waals surface area contributed by atoms with Crippen LogP contribution >= 0.6 is 0 Å². The first-order chi connectivity index (χ1) is 11.0. The highest BCUT2D eigenvalue weighted by atomic mass is 15.3. The fraction of sp³-hybridized carbons (Fsp3) is 0.611. The Morgan fingerprint density at radius 1 is 1.17 bits per heavy atom. The molecule has 0 radical (unpaired) electrons. The molecule has 0 fully saturated rings. The van der Waals surface area contributed by atoms with E-state index in [1.807, 2.05) is 6.92 Å². The van der Waals surface area contributed by atoms with Gasteiger partial charge >= 0.3 is 0 Å². The van der Waals surface area contributed by atoms with Crippen molar-refractivity contribution in [1.29, 1.82) is 0 Å². The monoisotopic (exact) mass is 313 g/mol. The Morgan fingerprint density at radius 3 is 2.70 bits per heavy atom. The van der Waals surface area contributed by atoms with Gasteiger partial charge in [-0.1, -0.05) is 0 Å². The fourth-order valence-electron chi connectivity index (χ4n) is 3.37. The molecule has 23 heavy (non-hydrogen) atoms. The van der Waals surface area contributed by atoms with E-state index in [1.54, 1.807) is 0 Å². The molecule has 0 bridgehead atoms. The lowest BCUT2D eigenvalue weighted by molar-refractivity contribution is 0.438. The van der Waals surface area contributed by atoms with Gasteiger partial charge in [-0.05, 0) is 65.0 Å². The lowest BCUT2D eigenvalue weighted by Crippen LogP contribution is -2.31. The molecule has 2 aromatic heterocycles. The second-order valence-electron chi connectivity index (χ2n) is 6.75. The maximum atomic E-state index is 4.78. The Labute approximate surface area is 138 Å². The van der Waals surface area contributed by atoms with E-state index in [4.69, 9.17) is 9.97 Å². The van der Waals surface area contributed by atoms with Crippen LogP contribution in [0.15, 0.2) is 6.07 Å².